The van der Waals surface area contributed by atoms with Gasteiger partial charge in [0.05, 0.1) is 5.92 Å². The van der Waals surface area contributed by atoms with Crippen LogP contribution in [0, 0.1) is 5.92 Å². The molecule has 0 aromatic carbocycles. The van der Waals surface area contributed by atoms with Crippen LogP contribution in [0.2, 0.25) is 0 Å². The van der Waals surface area contributed by atoms with E-state index in [1.807, 2.05) is 0 Å². The number of carbonyl (C=O) groups is 1. The standard InChI is InChI=1S/C20H26N4O3/c1-12(2)9-17-22-19(27-23-17)14-6-4-8-24(11-14)20(26)15-10-13-5-3-7-16(13)21-18(15)25/h10,12,14H,3-9,11H2,1-2H3,(H,21,25)/t14-/m1/s1. The fourth-order valence-electron chi connectivity index (χ4n) is 4.09. The van der Waals surface area contributed by atoms with Gasteiger partial charge in [-0.3, -0.25) is 9.59 Å². The molecule has 3 heterocycles. The summed E-state index contributed by atoms with van der Waals surface area (Å²) in [5.41, 5.74) is 2.06. The lowest BCUT2D eigenvalue weighted by Gasteiger charge is -2.31. The molecule has 1 aliphatic carbocycles. The number of pyridine rings is 1. The Morgan fingerprint density at radius 1 is 1.37 bits per heavy atom. The molecule has 0 bridgehead atoms. The van der Waals surface area contributed by atoms with E-state index in [9.17, 15) is 9.59 Å². The Labute approximate surface area is 158 Å². The molecule has 1 saturated heterocycles. The number of hydrogen-bond donors (Lipinski definition) is 1. The van der Waals surface area contributed by atoms with Gasteiger partial charge in [0.2, 0.25) is 5.89 Å². The zero-order valence-corrected chi connectivity index (χ0v) is 16.0. The van der Waals surface area contributed by atoms with Crippen molar-refractivity contribution in [1.29, 1.82) is 0 Å². The number of aryl methyl sites for hydroxylation is 2. The Balaban J connectivity index is 1.50. The first kappa shape index (κ1) is 17.9. The first-order chi connectivity index (χ1) is 13.0. The van der Waals surface area contributed by atoms with E-state index in [-0.39, 0.29) is 22.9 Å². The highest BCUT2D eigenvalue weighted by molar-refractivity contribution is 5.94. The van der Waals surface area contributed by atoms with Gasteiger partial charge in [0.15, 0.2) is 5.82 Å². The molecule has 4 rings (SSSR count). The normalized spacial score (nSPS) is 19.5. The van der Waals surface area contributed by atoms with Gasteiger partial charge in [0.1, 0.15) is 5.56 Å². The van der Waals surface area contributed by atoms with E-state index in [1.54, 1.807) is 11.0 Å². The number of nitrogens with zero attached hydrogens (tertiary/aromatic N) is 3. The van der Waals surface area contributed by atoms with Crippen LogP contribution in [0.4, 0.5) is 0 Å². The van der Waals surface area contributed by atoms with Crippen molar-refractivity contribution in [3.05, 3.63) is 45.0 Å². The number of likely N-dealkylation sites (tertiary alicyclic amines) is 1. The van der Waals surface area contributed by atoms with Gasteiger partial charge in [-0.25, -0.2) is 0 Å². The number of amides is 1. The molecule has 7 nitrogen and oxygen atoms in total. The van der Waals surface area contributed by atoms with E-state index < -0.39 is 0 Å². The van der Waals surface area contributed by atoms with Crippen LogP contribution in [0.25, 0.3) is 0 Å². The maximum atomic E-state index is 13.0. The van der Waals surface area contributed by atoms with Crippen LogP contribution in [0.3, 0.4) is 0 Å². The molecule has 0 unspecified atom stereocenters. The summed E-state index contributed by atoms with van der Waals surface area (Å²) in [6.45, 7) is 5.40. The van der Waals surface area contributed by atoms with Crippen molar-refractivity contribution in [2.75, 3.05) is 13.1 Å². The van der Waals surface area contributed by atoms with Crippen molar-refractivity contribution in [3.63, 3.8) is 0 Å². The summed E-state index contributed by atoms with van der Waals surface area (Å²) in [6, 6.07) is 1.79. The van der Waals surface area contributed by atoms with Crippen LogP contribution in [-0.4, -0.2) is 39.0 Å². The van der Waals surface area contributed by atoms with E-state index in [0.717, 1.165) is 55.6 Å². The monoisotopic (exact) mass is 370 g/mol. The number of piperidine rings is 1. The number of H-pyrrole nitrogens is 1. The molecule has 2 aromatic rings. The van der Waals surface area contributed by atoms with Crippen LogP contribution in [0.1, 0.15) is 72.4 Å². The molecule has 7 heteroatoms. The van der Waals surface area contributed by atoms with Crippen molar-refractivity contribution >= 4 is 5.91 Å². The van der Waals surface area contributed by atoms with Crippen molar-refractivity contribution in [3.8, 4) is 0 Å². The predicted octanol–water partition coefficient (Wildman–Crippen LogP) is 2.46. The largest absolute Gasteiger partial charge is 0.339 e. The first-order valence-corrected chi connectivity index (χ1v) is 9.88. The Morgan fingerprint density at radius 3 is 3.04 bits per heavy atom. The summed E-state index contributed by atoms with van der Waals surface area (Å²) in [5, 5.41) is 4.07. The average molecular weight is 370 g/mol. The van der Waals surface area contributed by atoms with Crippen molar-refractivity contribution in [2.24, 2.45) is 5.92 Å². The van der Waals surface area contributed by atoms with Gasteiger partial charge < -0.3 is 14.4 Å². The van der Waals surface area contributed by atoms with E-state index >= 15 is 0 Å². The van der Waals surface area contributed by atoms with Crippen LogP contribution in [0.15, 0.2) is 15.4 Å². The number of nitrogens with one attached hydrogen (secondary N) is 1. The third kappa shape index (κ3) is 3.68. The van der Waals surface area contributed by atoms with Gasteiger partial charge in [-0.05, 0) is 49.7 Å². The summed E-state index contributed by atoms with van der Waals surface area (Å²) in [4.78, 5) is 34.5. The lowest BCUT2D eigenvalue weighted by atomic mass is 9.97. The Bertz CT molecular complexity index is 899. The molecule has 0 saturated carbocycles. The third-order valence-corrected chi connectivity index (χ3v) is 5.45. The Kier molecular flexibility index (Phi) is 4.85. The Morgan fingerprint density at radius 2 is 2.22 bits per heavy atom. The van der Waals surface area contributed by atoms with Gasteiger partial charge >= 0.3 is 0 Å². The summed E-state index contributed by atoms with van der Waals surface area (Å²) in [6.07, 6.45) is 5.40. The second-order valence-electron chi connectivity index (χ2n) is 8.11. The molecule has 144 valence electrons. The van der Waals surface area contributed by atoms with E-state index in [1.165, 1.54) is 0 Å². The maximum Gasteiger partial charge on any atom is 0.261 e. The van der Waals surface area contributed by atoms with Crippen molar-refractivity contribution in [1.82, 2.24) is 20.0 Å². The van der Waals surface area contributed by atoms with E-state index in [2.05, 4.69) is 29.0 Å². The molecule has 0 spiro atoms. The topological polar surface area (TPSA) is 92.1 Å². The molecular formula is C20H26N4O3. The second-order valence-corrected chi connectivity index (χ2v) is 8.11. The van der Waals surface area contributed by atoms with Gasteiger partial charge in [0.25, 0.3) is 11.5 Å². The van der Waals surface area contributed by atoms with Gasteiger partial charge in [0, 0.05) is 25.2 Å². The molecule has 27 heavy (non-hydrogen) atoms. The van der Waals surface area contributed by atoms with Crippen LogP contribution in [0.5, 0.6) is 0 Å². The smallest absolute Gasteiger partial charge is 0.261 e. The number of fused-ring (bicyclic) bond motifs is 1. The summed E-state index contributed by atoms with van der Waals surface area (Å²) < 4.78 is 5.46. The zero-order chi connectivity index (χ0) is 19.0. The average Bonchev–Trinajstić information content (AvgIpc) is 3.29. The van der Waals surface area contributed by atoms with Crippen LogP contribution in [-0.2, 0) is 19.3 Å². The van der Waals surface area contributed by atoms with Gasteiger partial charge in [-0.2, -0.15) is 4.98 Å². The van der Waals surface area contributed by atoms with Gasteiger partial charge in [-0.15, -0.1) is 0 Å². The number of aromatic nitrogens is 3. The lowest BCUT2D eigenvalue weighted by Crippen LogP contribution is -2.41. The lowest BCUT2D eigenvalue weighted by molar-refractivity contribution is 0.0693. The minimum absolute atomic E-state index is 0.0321. The highest BCUT2D eigenvalue weighted by Gasteiger charge is 2.30. The maximum absolute atomic E-state index is 13.0. The molecule has 2 aromatic heterocycles. The minimum atomic E-state index is -0.278. The molecule has 1 atom stereocenters. The zero-order valence-electron chi connectivity index (χ0n) is 16.0. The fraction of sp³-hybridized carbons (Fsp3) is 0.600. The van der Waals surface area contributed by atoms with Crippen molar-refractivity contribution < 1.29 is 9.32 Å². The second kappa shape index (κ2) is 7.29. The van der Waals surface area contributed by atoms with E-state index in [4.69, 9.17) is 4.52 Å². The highest BCUT2D eigenvalue weighted by atomic mass is 16.5. The van der Waals surface area contributed by atoms with Crippen LogP contribution < -0.4 is 5.56 Å². The molecular weight excluding hydrogens is 344 g/mol. The predicted molar refractivity (Wildman–Crippen MR) is 99.8 cm³/mol. The number of hydrogen-bond acceptors (Lipinski definition) is 5. The summed E-state index contributed by atoms with van der Waals surface area (Å²) in [7, 11) is 0. The number of rotatable bonds is 4. The third-order valence-electron chi connectivity index (χ3n) is 5.45. The molecule has 1 fully saturated rings. The SMILES string of the molecule is CC(C)Cc1noc([C@@H]2CCCN(C(=O)c3cc4c([nH]c3=O)CCC4)C2)n1. The molecule has 1 N–H and O–H groups in total. The minimum Gasteiger partial charge on any atom is -0.339 e. The highest BCUT2D eigenvalue weighted by Crippen LogP contribution is 2.27. The quantitative estimate of drug-likeness (QED) is 0.892. The first-order valence-electron chi connectivity index (χ1n) is 9.88. The number of carbonyl (C=O) groups excluding carboxylic acids is 1. The van der Waals surface area contributed by atoms with Crippen molar-refractivity contribution in [2.45, 2.75) is 58.3 Å². The number of aromatic amines is 1. The molecule has 0 radical (unpaired) electrons. The van der Waals surface area contributed by atoms with Crippen LogP contribution >= 0.6 is 0 Å². The Hall–Kier alpha value is -2.44. The summed E-state index contributed by atoms with van der Waals surface area (Å²) in [5.74, 6) is 1.62. The van der Waals surface area contributed by atoms with E-state index in [0.29, 0.717) is 24.9 Å². The van der Waals surface area contributed by atoms with Gasteiger partial charge in [-0.1, -0.05) is 19.0 Å². The molecule has 2 aliphatic rings. The molecule has 1 aliphatic heterocycles. The fourth-order valence-corrected chi connectivity index (χ4v) is 4.09. The summed E-state index contributed by atoms with van der Waals surface area (Å²) >= 11 is 0. The molecule has 1 amide bonds.